The third kappa shape index (κ3) is 113. The van der Waals surface area contributed by atoms with E-state index in [-0.39, 0.29) is 0 Å². The van der Waals surface area contributed by atoms with E-state index in [0.29, 0.717) is 0 Å². The number of thiol groups is 1. The van der Waals surface area contributed by atoms with Crippen molar-refractivity contribution in [1.82, 2.24) is 0 Å². The van der Waals surface area contributed by atoms with Crippen LogP contribution >= 0.6 is 19.0 Å². The Morgan fingerprint density at radius 2 is 1.60 bits per heavy atom. The summed E-state index contributed by atoms with van der Waals surface area (Å²) in [7, 11) is 0. The molecule has 0 aromatic carbocycles. The van der Waals surface area contributed by atoms with Gasteiger partial charge in [0.2, 0.25) is 0 Å². The fourth-order valence-corrected chi connectivity index (χ4v) is 0. The van der Waals surface area contributed by atoms with Crippen LogP contribution in [0.15, 0.2) is 0 Å². The molecule has 0 saturated heterocycles. The van der Waals surface area contributed by atoms with E-state index in [9.17, 15) is 0 Å². The molecule has 0 aliphatic carbocycles. The van der Waals surface area contributed by atoms with Crippen LogP contribution in [0.2, 0.25) is 0 Å². The zero-order chi connectivity index (χ0) is 4.50. The predicted octanol–water partition coefficient (Wildman–Crippen LogP) is 0.426. The summed E-state index contributed by atoms with van der Waals surface area (Å²) in [5.41, 5.74) is 0. The molecule has 0 amide bonds. The molecular formula is H4NO2PS. The first-order valence-corrected chi connectivity index (χ1v) is 3.67. The lowest BCUT2D eigenvalue weighted by Crippen LogP contribution is -1.52. The van der Waals surface area contributed by atoms with Gasteiger partial charge < -0.3 is 9.79 Å². The van der Waals surface area contributed by atoms with E-state index in [2.05, 4.69) is 12.2 Å². The molecular weight excluding hydrogens is 109 g/mol. The Kier molecular flexibility index (Phi) is 1.44. The van der Waals surface area contributed by atoms with Gasteiger partial charge in [-0.25, -0.2) is 0 Å². The first-order valence-electron chi connectivity index (χ1n) is 0.824. The smallest absolute Gasteiger partial charge is 0.261 e. The molecule has 5 heavy (non-hydrogen) atoms. The molecule has 0 aliphatic rings. The Labute approximate surface area is 34.8 Å². The Bertz CT molecular complexity index is 55.8. The van der Waals surface area contributed by atoms with E-state index < -0.39 is 6.71 Å². The van der Waals surface area contributed by atoms with Crippen LogP contribution in [0.3, 0.4) is 0 Å². The summed E-state index contributed by atoms with van der Waals surface area (Å²) in [5.74, 6) is 0. The molecule has 0 aromatic rings. The van der Waals surface area contributed by atoms with Crippen molar-refractivity contribution in [2.75, 3.05) is 0 Å². The highest BCUT2D eigenvalue weighted by atomic mass is 32.7. The second kappa shape index (κ2) is 1.30. The molecule has 0 atom stereocenters. The Morgan fingerprint density at radius 3 is 1.60 bits per heavy atom. The molecule has 0 saturated carbocycles. The maximum absolute atomic E-state index is 7.72. The minimum atomic E-state index is -3.44. The average Bonchev–Trinajstić information content (AvgIpc) is 0.722. The quantitative estimate of drug-likeness (QED) is 0.272. The van der Waals surface area contributed by atoms with Crippen molar-refractivity contribution in [3.63, 3.8) is 0 Å². The van der Waals surface area contributed by atoms with Crippen molar-refractivity contribution in [3.8, 4) is 0 Å². The van der Waals surface area contributed by atoms with Crippen molar-refractivity contribution >= 4 is 19.0 Å². The summed E-state index contributed by atoms with van der Waals surface area (Å²) in [6.45, 7) is -3.44. The van der Waals surface area contributed by atoms with Gasteiger partial charge in [-0.1, -0.05) is 12.2 Å². The van der Waals surface area contributed by atoms with Gasteiger partial charge in [-0.2, -0.15) is 0 Å². The SMILES string of the molecule is N=P(O)(O)S. The fourth-order valence-electron chi connectivity index (χ4n) is 0. The Morgan fingerprint density at radius 1 is 1.60 bits per heavy atom. The van der Waals surface area contributed by atoms with Crippen LogP contribution in [0.4, 0.5) is 0 Å². The topological polar surface area (TPSA) is 64.3 Å². The van der Waals surface area contributed by atoms with Crippen LogP contribution in [0.1, 0.15) is 0 Å². The van der Waals surface area contributed by atoms with Crippen LogP contribution in [0.5, 0.6) is 0 Å². The second-order valence-electron chi connectivity index (χ2n) is 0.568. The Hall–Kier alpha value is 0.500. The minimum Gasteiger partial charge on any atom is -0.332 e. The van der Waals surface area contributed by atoms with Crippen LogP contribution in [-0.4, -0.2) is 9.79 Å². The lowest BCUT2D eigenvalue weighted by molar-refractivity contribution is 0.486. The van der Waals surface area contributed by atoms with E-state index in [1.54, 1.807) is 0 Å². The predicted molar refractivity (Wildman–Crippen MR) is 23.1 cm³/mol. The molecule has 5 heteroatoms. The fraction of sp³-hybridized carbons (Fsp3) is 0. The number of rotatable bonds is 0. The molecule has 0 aliphatic heterocycles. The number of nitrogens with one attached hydrogen (secondary N) is 1. The summed E-state index contributed by atoms with van der Waals surface area (Å²) in [4.78, 5) is 15.4. The van der Waals surface area contributed by atoms with Crippen LogP contribution in [0, 0.1) is 5.16 Å². The Balaban J connectivity index is 3.47. The molecule has 3 nitrogen and oxygen atoms in total. The number of hydrogen-bond donors (Lipinski definition) is 4. The van der Waals surface area contributed by atoms with E-state index in [4.69, 9.17) is 14.9 Å². The van der Waals surface area contributed by atoms with Gasteiger partial charge in [0.15, 0.2) is 0 Å². The lowest BCUT2D eigenvalue weighted by atomic mass is 14.0. The van der Waals surface area contributed by atoms with Crippen molar-refractivity contribution in [1.29, 1.82) is 5.16 Å². The maximum Gasteiger partial charge on any atom is 0.261 e. The molecule has 0 heterocycles. The molecule has 0 rings (SSSR count). The summed E-state index contributed by atoms with van der Waals surface area (Å²) in [6.07, 6.45) is 0. The molecule has 0 unspecified atom stereocenters. The van der Waals surface area contributed by atoms with Gasteiger partial charge in [0, 0.05) is 0 Å². The van der Waals surface area contributed by atoms with Crippen LogP contribution in [0.25, 0.3) is 0 Å². The molecule has 0 spiro atoms. The third-order valence-corrected chi connectivity index (χ3v) is 0. The molecule has 32 valence electrons. The van der Waals surface area contributed by atoms with Crippen molar-refractivity contribution in [3.05, 3.63) is 0 Å². The molecule has 0 bridgehead atoms. The van der Waals surface area contributed by atoms with Gasteiger partial charge in [-0.15, -0.1) is 0 Å². The van der Waals surface area contributed by atoms with Gasteiger partial charge in [0.25, 0.3) is 6.71 Å². The highest BCUT2D eigenvalue weighted by Crippen LogP contribution is 2.40. The highest BCUT2D eigenvalue weighted by molar-refractivity contribution is 8.44. The van der Waals surface area contributed by atoms with Crippen LogP contribution in [-0.2, 0) is 0 Å². The number of hydrogen-bond acceptors (Lipinski definition) is 1. The standard InChI is InChI=1S/H4NO2PS/c1-4(2,3)5/h(H4,1,2,3,5). The van der Waals surface area contributed by atoms with Crippen LogP contribution < -0.4 is 0 Å². The van der Waals surface area contributed by atoms with E-state index >= 15 is 0 Å². The van der Waals surface area contributed by atoms with Gasteiger partial charge in [0.1, 0.15) is 0 Å². The minimum absolute atomic E-state index is 3.01. The average molecular weight is 113 g/mol. The third-order valence-electron chi connectivity index (χ3n) is 0. The second-order valence-corrected chi connectivity index (χ2v) is 3.38. The van der Waals surface area contributed by atoms with Gasteiger partial charge in [0.05, 0.1) is 0 Å². The maximum atomic E-state index is 7.72. The summed E-state index contributed by atoms with van der Waals surface area (Å²) < 4.78 is 0. The first kappa shape index (κ1) is 5.50. The van der Waals surface area contributed by atoms with E-state index in [1.165, 1.54) is 0 Å². The summed E-state index contributed by atoms with van der Waals surface area (Å²) in [6, 6.07) is 0. The monoisotopic (exact) mass is 113 g/mol. The van der Waals surface area contributed by atoms with Gasteiger partial charge >= 0.3 is 0 Å². The van der Waals surface area contributed by atoms with Crippen molar-refractivity contribution < 1.29 is 9.79 Å². The normalized spacial score (nSPS) is 11.8. The van der Waals surface area contributed by atoms with Crippen molar-refractivity contribution in [2.45, 2.75) is 0 Å². The van der Waals surface area contributed by atoms with Gasteiger partial charge in [-0.3, -0.25) is 5.16 Å². The zero-order valence-corrected chi connectivity index (χ0v) is 4.08. The molecule has 3 N–H and O–H groups in total. The largest absolute Gasteiger partial charge is 0.332 e. The van der Waals surface area contributed by atoms with E-state index in [1.807, 2.05) is 0 Å². The summed E-state index contributed by atoms with van der Waals surface area (Å²) in [5, 5.41) is 6.02. The van der Waals surface area contributed by atoms with Gasteiger partial charge in [-0.05, 0) is 0 Å². The molecule has 0 fully saturated rings. The van der Waals surface area contributed by atoms with Crippen molar-refractivity contribution in [2.24, 2.45) is 0 Å². The zero-order valence-electron chi connectivity index (χ0n) is 2.29. The molecule has 0 aromatic heterocycles. The lowest BCUT2D eigenvalue weighted by Gasteiger charge is -1.89. The van der Waals surface area contributed by atoms with E-state index in [0.717, 1.165) is 0 Å². The highest BCUT2D eigenvalue weighted by Gasteiger charge is 1.90. The molecule has 0 radical (unpaired) electrons. The summed E-state index contributed by atoms with van der Waals surface area (Å²) >= 11 is 3.01. The first-order chi connectivity index (χ1) is 2.00.